The molecule has 7 heteroatoms. The molecular formula is C24H19F2N3O2. The number of aromatic carboxylic acids is 1. The molecule has 31 heavy (non-hydrogen) atoms. The molecule has 0 saturated carbocycles. The number of benzene rings is 3. The maximum absolute atomic E-state index is 13.5. The van der Waals surface area contributed by atoms with Crippen molar-refractivity contribution in [3.05, 3.63) is 101 Å². The third-order valence-corrected chi connectivity index (χ3v) is 4.93. The molecule has 0 unspecified atom stereocenters. The van der Waals surface area contributed by atoms with Crippen molar-refractivity contribution in [3.63, 3.8) is 0 Å². The lowest BCUT2D eigenvalue weighted by molar-refractivity contribution is 0.0697. The molecule has 1 heterocycles. The van der Waals surface area contributed by atoms with Crippen molar-refractivity contribution in [1.82, 2.24) is 9.78 Å². The van der Waals surface area contributed by atoms with Crippen LogP contribution in [0.15, 0.2) is 72.9 Å². The quantitative estimate of drug-likeness (QED) is 0.437. The van der Waals surface area contributed by atoms with Gasteiger partial charge in [0.2, 0.25) is 0 Å². The molecule has 4 aromatic rings. The number of halogens is 2. The average Bonchev–Trinajstić information content (AvgIpc) is 3.19. The van der Waals surface area contributed by atoms with E-state index in [0.717, 1.165) is 16.8 Å². The Balaban J connectivity index is 1.68. The first-order valence-electron chi connectivity index (χ1n) is 9.59. The van der Waals surface area contributed by atoms with Gasteiger partial charge >= 0.3 is 5.97 Å². The molecule has 5 nitrogen and oxygen atoms in total. The molecule has 0 aliphatic carbocycles. The zero-order valence-electron chi connectivity index (χ0n) is 16.6. The van der Waals surface area contributed by atoms with E-state index in [1.807, 2.05) is 6.20 Å². The lowest BCUT2D eigenvalue weighted by atomic mass is 10.1. The van der Waals surface area contributed by atoms with Crippen LogP contribution >= 0.6 is 0 Å². The first-order chi connectivity index (χ1) is 14.9. The molecule has 0 fully saturated rings. The van der Waals surface area contributed by atoms with Gasteiger partial charge in [-0.25, -0.2) is 18.3 Å². The van der Waals surface area contributed by atoms with Crippen LogP contribution in [0, 0.1) is 18.6 Å². The number of carbonyl (C=O) groups is 1. The van der Waals surface area contributed by atoms with Gasteiger partial charge in [0.15, 0.2) is 0 Å². The average molecular weight is 419 g/mol. The monoisotopic (exact) mass is 419 g/mol. The van der Waals surface area contributed by atoms with Crippen LogP contribution in [0.3, 0.4) is 0 Å². The van der Waals surface area contributed by atoms with Crippen molar-refractivity contribution in [3.8, 4) is 16.9 Å². The number of anilines is 1. The van der Waals surface area contributed by atoms with Gasteiger partial charge in [0.05, 0.1) is 16.9 Å². The van der Waals surface area contributed by atoms with Crippen LogP contribution in [-0.2, 0) is 6.54 Å². The van der Waals surface area contributed by atoms with E-state index in [2.05, 4.69) is 10.4 Å². The van der Waals surface area contributed by atoms with E-state index in [9.17, 15) is 13.6 Å². The predicted molar refractivity (Wildman–Crippen MR) is 114 cm³/mol. The standard InChI is InChI=1S/C24H19F2N3O2/c1-15-12-20(8-11-22(15)26)27-13-18-14-29(21-9-4-17(5-10-21)24(30)31)28-23(18)16-2-6-19(25)7-3-16/h2-12,14,27H,13H2,1H3,(H,30,31). The van der Waals surface area contributed by atoms with Crippen molar-refractivity contribution < 1.29 is 18.7 Å². The molecule has 4 rings (SSSR count). The molecule has 1 aromatic heterocycles. The van der Waals surface area contributed by atoms with Crippen LogP contribution in [0.25, 0.3) is 16.9 Å². The van der Waals surface area contributed by atoms with E-state index in [1.54, 1.807) is 48.0 Å². The second-order valence-electron chi connectivity index (χ2n) is 7.12. The SMILES string of the molecule is Cc1cc(NCc2cn(-c3ccc(C(=O)O)cc3)nc2-c2ccc(F)cc2)ccc1F. The summed E-state index contributed by atoms with van der Waals surface area (Å²) in [6.45, 7) is 2.11. The molecule has 0 spiro atoms. The van der Waals surface area contributed by atoms with E-state index >= 15 is 0 Å². The molecule has 156 valence electrons. The second kappa shape index (κ2) is 8.39. The van der Waals surface area contributed by atoms with Gasteiger partial charge in [-0.05, 0) is 79.2 Å². The van der Waals surface area contributed by atoms with Gasteiger partial charge in [-0.1, -0.05) is 0 Å². The predicted octanol–water partition coefficient (Wildman–Crippen LogP) is 5.44. The molecule has 0 atom stereocenters. The number of aromatic nitrogens is 2. The number of carboxylic acid groups (broad SMARTS) is 1. The van der Waals surface area contributed by atoms with Crippen molar-refractivity contribution in [2.24, 2.45) is 0 Å². The van der Waals surface area contributed by atoms with Crippen molar-refractivity contribution >= 4 is 11.7 Å². The third-order valence-electron chi connectivity index (χ3n) is 4.93. The zero-order valence-corrected chi connectivity index (χ0v) is 16.6. The molecule has 3 aromatic carbocycles. The van der Waals surface area contributed by atoms with E-state index in [-0.39, 0.29) is 17.2 Å². The Labute approximate surface area is 177 Å². The minimum Gasteiger partial charge on any atom is -0.478 e. The lowest BCUT2D eigenvalue weighted by Crippen LogP contribution is -2.01. The normalized spacial score (nSPS) is 10.8. The Morgan fingerprint density at radius 1 is 1.03 bits per heavy atom. The van der Waals surface area contributed by atoms with E-state index < -0.39 is 5.97 Å². The summed E-state index contributed by atoms with van der Waals surface area (Å²) in [5.41, 5.74) is 4.43. The maximum Gasteiger partial charge on any atom is 0.335 e. The Morgan fingerprint density at radius 3 is 2.39 bits per heavy atom. The summed E-state index contributed by atoms with van der Waals surface area (Å²) >= 11 is 0. The summed E-state index contributed by atoms with van der Waals surface area (Å²) in [5.74, 6) is -1.61. The highest BCUT2D eigenvalue weighted by molar-refractivity contribution is 5.87. The lowest BCUT2D eigenvalue weighted by Gasteiger charge is -2.08. The van der Waals surface area contributed by atoms with Gasteiger partial charge < -0.3 is 10.4 Å². The van der Waals surface area contributed by atoms with Crippen LogP contribution < -0.4 is 5.32 Å². The zero-order chi connectivity index (χ0) is 22.0. The van der Waals surface area contributed by atoms with E-state index in [4.69, 9.17) is 5.11 Å². The Hall–Kier alpha value is -4.00. The fourth-order valence-electron chi connectivity index (χ4n) is 3.23. The van der Waals surface area contributed by atoms with Gasteiger partial charge in [-0.3, -0.25) is 0 Å². The fourth-order valence-corrected chi connectivity index (χ4v) is 3.23. The number of carboxylic acids is 1. The van der Waals surface area contributed by atoms with Gasteiger partial charge in [0, 0.05) is 29.6 Å². The summed E-state index contributed by atoms with van der Waals surface area (Å²) in [5, 5.41) is 17.0. The molecular weight excluding hydrogens is 400 g/mol. The Morgan fingerprint density at radius 2 is 1.74 bits per heavy atom. The van der Waals surface area contributed by atoms with Crippen LogP contribution in [0.4, 0.5) is 14.5 Å². The van der Waals surface area contributed by atoms with Crippen LogP contribution in [-0.4, -0.2) is 20.9 Å². The van der Waals surface area contributed by atoms with E-state index in [0.29, 0.717) is 23.5 Å². The summed E-state index contributed by atoms with van der Waals surface area (Å²) in [6.07, 6.45) is 1.83. The number of hydrogen-bond acceptors (Lipinski definition) is 3. The molecule has 0 amide bonds. The number of nitrogens with one attached hydrogen (secondary N) is 1. The third kappa shape index (κ3) is 4.45. The number of nitrogens with zero attached hydrogens (tertiary/aromatic N) is 2. The fraction of sp³-hybridized carbons (Fsp3) is 0.0833. The molecule has 0 bridgehead atoms. The molecule has 0 radical (unpaired) electrons. The second-order valence-corrected chi connectivity index (χ2v) is 7.12. The van der Waals surface area contributed by atoms with Crippen LogP contribution in [0.5, 0.6) is 0 Å². The molecule has 0 saturated heterocycles. The number of aryl methyl sites for hydroxylation is 1. The Kier molecular flexibility index (Phi) is 5.49. The topological polar surface area (TPSA) is 67.2 Å². The van der Waals surface area contributed by atoms with Gasteiger partial charge in [-0.15, -0.1) is 0 Å². The molecule has 0 aliphatic heterocycles. The first-order valence-corrected chi connectivity index (χ1v) is 9.59. The summed E-state index contributed by atoms with van der Waals surface area (Å²) < 4.78 is 28.6. The van der Waals surface area contributed by atoms with Crippen LogP contribution in [0.2, 0.25) is 0 Å². The highest BCUT2D eigenvalue weighted by atomic mass is 19.1. The minimum atomic E-state index is -1.00. The maximum atomic E-state index is 13.5. The summed E-state index contributed by atoms with van der Waals surface area (Å²) in [7, 11) is 0. The Bertz CT molecular complexity index is 1230. The van der Waals surface area contributed by atoms with Gasteiger partial charge in [0.25, 0.3) is 0 Å². The number of hydrogen-bond donors (Lipinski definition) is 2. The summed E-state index contributed by atoms with van der Waals surface area (Å²) in [4.78, 5) is 11.1. The molecule has 2 N–H and O–H groups in total. The van der Waals surface area contributed by atoms with Gasteiger partial charge in [0.1, 0.15) is 11.6 Å². The largest absolute Gasteiger partial charge is 0.478 e. The minimum absolute atomic E-state index is 0.184. The molecule has 0 aliphatic rings. The van der Waals surface area contributed by atoms with E-state index in [1.165, 1.54) is 30.3 Å². The smallest absolute Gasteiger partial charge is 0.335 e. The highest BCUT2D eigenvalue weighted by Crippen LogP contribution is 2.25. The number of rotatable bonds is 6. The van der Waals surface area contributed by atoms with Crippen LogP contribution in [0.1, 0.15) is 21.5 Å². The van der Waals surface area contributed by atoms with Crippen molar-refractivity contribution in [2.75, 3.05) is 5.32 Å². The summed E-state index contributed by atoms with van der Waals surface area (Å²) in [6, 6.07) is 17.2. The first kappa shape index (κ1) is 20.3. The highest BCUT2D eigenvalue weighted by Gasteiger charge is 2.13. The van der Waals surface area contributed by atoms with Gasteiger partial charge in [-0.2, -0.15) is 5.10 Å². The van der Waals surface area contributed by atoms with Crippen molar-refractivity contribution in [2.45, 2.75) is 13.5 Å². The van der Waals surface area contributed by atoms with Crippen molar-refractivity contribution in [1.29, 1.82) is 0 Å².